The second kappa shape index (κ2) is 6.50. The zero-order valence-electron chi connectivity index (χ0n) is 11.6. The van der Waals surface area contributed by atoms with Gasteiger partial charge in [-0.15, -0.1) is 0 Å². The second-order valence-corrected chi connectivity index (χ2v) is 5.78. The van der Waals surface area contributed by atoms with Crippen LogP contribution in [0.5, 0.6) is 5.75 Å². The number of nitrogens with zero attached hydrogens (tertiary/aromatic N) is 2. The van der Waals surface area contributed by atoms with E-state index < -0.39 is 0 Å². The number of benzene rings is 1. The van der Waals surface area contributed by atoms with E-state index in [2.05, 4.69) is 15.3 Å². The van der Waals surface area contributed by atoms with Gasteiger partial charge in [0.1, 0.15) is 6.61 Å². The van der Waals surface area contributed by atoms with E-state index in [1.165, 1.54) is 12.4 Å². The highest BCUT2D eigenvalue weighted by atomic mass is 35.5. The third-order valence-corrected chi connectivity index (χ3v) is 3.78. The summed E-state index contributed by atoms with van der Waals surface area (Å²) in [5, 5.41) is 3.64. The Kier molecular flexibility index (Phi) is 4.45. The first-order valence-corrected chi connectivity index (χ1v) is 7.57. The van der Waals surface area contributed by atoms with Crippen LogP contribution in [-0.2, 0) is 6.61 Å². The van der Waals surface area contributed by atoms with Gasteiger partial charge in [-0.1, -0.05) is 11.6 Å². The molecule has 0 unspecified atom stereocenters. The summed E-state index contributed by atoms with van der Waals surface area (Å²) in [6.45, 7) is 0.217. The molecule has 1 saturated carbocycles. The third kappa shape index (κ3) is 3.87. The van der Waals surface area contributed by atoms with Gasteiger partial charge in [-0.25, -0.2) is 9.97 Å². The molecular weight excluding hydrogens is 325 g/mol. The Morgan fingerprint density at radius 2 is 2.00 bits per heavy atom. The summed E-state index contributed by atoms with van der Waals surface area (Å²) in [7, 11) is 0. The molecule has 114 valence electrons. The van der Waals surface area contributed by atoms with Gasteiger partial charge in [0.2, 0.25) is 5.28 Å². The van der Waals surface area contributed by atoms with Gasteiger partial charge in [0, 0.05) is 22.2 Å². The molecular formula is C15H13Cl2N3O2. The summed E-state index contributed by atoms with van der Waals surface area (Å²) in [6.07, 6.45) is 5.05. The number of hydrogen-bond donors (Lipinski definition) is 1. The molecule has 1 N–H and O–H groups in total. The van der Waals surface area contributed by atoms with Gasteiger partial charge in [-0.3, -0.25) is 4.79 Å². The minimum atomic E-state index is -0.0877. The van der Waals surface area contributed by atoms with Crippen molar-refractivity contribution in [2.45, 2.75) is 25.5 Å². The van der Waals surface area contributed by atoms with Crippen molar-refractivity contribution in [3.63, 3.8) is 0 Å². The SMILES string of the molecule is O=C(NC1CC1)c1ccc(Cl)c(COc2cnc(Cl)nc2)c1. The predicted molar refractivity (Wildman–Crippen MR) is 83.3 cm³/mol. The predicted octanol–water partition coefficient (Wildman–Crippen LogP) is 3.25. The highest BCUT2D eigenvalue weighted by Crippen LogP contribution is 2.22. The molecule has 0 spiro atoms. The average molecular weight is 338 g/mol. The molecule has 2 aromatic rings. The van der Waals surface area contributed by atoms with Crippen molar-refractivity contribution < 1.29 is 9.53 Å². The molecule has 1 aliphatic rings. The van der Waals surface area contributed by atoms with Crippen LogP contribution >= 0.6 is 23.2 Å². The molecule has 0 saturated heterocycles. The van der Waals surface area contributed by atoms with Crippen LogP contribution in [0.25, 0.3) is 0 Å². The topological polar surface area (TPSA) is 64.1 Å². The number of hydrogen-bond acceptors (Lipinski definition) is 4. The maximum Gasteiger partial charge on any atom is 0.251 e. The van der Waals surface area contributed by atoms with E-state index in [4.69, 9.17) is 27.9 Å². The second-order valence-electron chi connectivity index (χ2n) is 5.03. The van der Waals surface area contributed by atoms with Crippen molar-refractivity contribution in [3.05, 3.63) is 52.0 Å². The lowest BCUT2D eigenvalue weighted by molar-refractivity contribution is 0.0951. The minimum Gasteiger partial charge on any atom is -0.486 e. The van der Waals surface area contributed by atoms with Crippen molar-refractivity contribution in [1.82, 2.24) is 15.3 Å². The maximum absolute atomic E-state index is 12.0. The lowest BCUT2D eigenvalue weighted by atomic mass is 10.1. The van der Waals surface area contributed by atoms with Crippen LogP contribution in [0.15, 0.2) is 30.6 Å². The van der Waals surface area contributed by atoms with Gasteiger partial charge < -0.3 is 10.1 Å². The normalized spacial score (nSPS) is 13.7. The van der Waals surface area contributed by atoms with E-state index in [-0.39, 0.29) is 17.8 Å². The molecule has 1 amide bonds. The zero-order valence-corrected chi connectivity index (χ0v) is 13.1. The average Bonchev–Trinajstić information content (AvgIpc) is 3.32. The number of carbonyl (C=O) groups excluding carboxylic acids is 1. The summed E-state index contributed by atoms with van der Waals surface area (Å²) < 4.78 is 5.56. The molecule has 1 aromatic carbocycles. The van der Waals surface area contributed by atoms with Crippen LogP contribution in [-0.4, -0.2) is 21.9 Å². The molecule has 0 atom stereocenters. The molecule has 1 aliphatic carbocycles. The molecule has 0 aliphatic heterocycles. The summed E-state index contributed by atoms with van der Waals surface area (Å²) in [5.41, 5.74) is 1.29. The number of carbonyl (C=O) groups is 1. The first kappa shape index (κ1) is 15.1. The molecule has 0 radical (unpaired) electrons. The van der Waals surface area contributed by atoms with Crippen molar-refractivity contribution in [1.29, 1.82) is 0 Å². The van der Waals surface area contributed by atoms with Crippen LogP contribution < -0.4 is 10.1 Å². The standard InChI is InChI=1S/C15H13Cl2N3O2/c16-13-4-1-9(14(21)20-11-2-3-11)5-10(13)8-22-12-6-18-15(17)19-7-12/h1,4-7,11H,2-3,8H2,(H,20,21). The fourth-order valence-electron chi connectivity index (χ4n) is 1.86. The molecule has 1 aromatic heterocycles. The number of aromatic nitrogens is 2. The Labute approximate surface area is 137 Å². The molecule has 5 nitrogen and oxygen atoms in total. The van der Waals surface area contributed by atoms with Crippen molar-refractivity contribution in [2.75, 3.05) is 0 Å². The van der Waals surface area contributed by atoms with Crippen LogP contribution in [0.2, 0.25) is 10.3 Å². The van der Waals surface area contributed by atoms with Gasteiger partial charge in [-0.2, -0.15) is 0 Å². The smallest absolute Gasteiger partial charge is 0.251 e. The number of nitrogens with one attached hydrogen (secondary N) is 1. The Balaban J connectivity index is 1.69. The highest BCUT2D eigenvalue weighted by molar-refractivity contribution is 6.31. The Morgan fingerprint density at radius 1 is 1.27 bits per heavy atom. The van der Waals surface area contributed by atoms with Crippen LogP contribution in [0.3, 0.4) is 0 Å². The van der Waals surface area contributed by atoms with E-state index >= 15 is 0 Å². The lowest BCUT2D eigenvalue weighted by Gasteiger charge is -2.09. The summed E-state index contributed by atoms with van der Waals surface area (Å²) >= 11 is 11.8. The van der Waals surface area contributed by atoms with E-state index in [0.717, 1.165) is 18.4 Å². The zero-order chi connectivity index (χ0) is 15.5. The first-order chi connectivity index (χ1) is 10.6. The van der Waals surface area contributed by atoms with E-state index in [1.54, 1.807) is 18.2 Å². The van der Waals surface area contributed by atoms with Crippen LogP contribution in [0.1, 0.15) is 28.8 Å². The minimum absolute atomic E-state index is 0.0877. The molecule has 0 bridgehead atoms. The highest BCUT2D eigenvalue weighted by Gasteiger charge is 2.24. The molecule has 1 heterocycles. The fourth-order valence-corrected chi connectivity index (χ4v) is 2.13. The molecule has 3 rings (SSSR count). The summed E-state index contributed by atoms with van der Waals surface area (Å²) in [6, 6.07) is 5.45. The van der Waals surface area contributed by atoms with Gasteiger partial charge in [-0.05, 0) is 42.6 Å². The quantitative estimate of drug-likeness (QED) is 0.850. The Morgan fingerprint density at radius 3 is 2.68 bits per heavy atom. The van der Waals surface area contributed by atoms with Crippen LogP contribution in [0.4, 0.5) is 0 Å². The number of ether oxygens (including phenoxy) is 1. The van der Waals surface area contributed by atoms with Gasteiger partial charge in [0.05, 0.1) is 12.4 Å². The van der Waals surface area contributed by atoms with Crippen LogP contribution in [0, 0.1) is 0 Å². The lowest BCUT2D eigenvalue weighted by Crippen LogP contribution is -2.25. The molecule has 1 fully saturated rings. The molecule has 22 heavy (non-hydrogen) atoms. The van der Waals surface area contributed by atoms with Crippen molar-refractivity contribution in [2.24, 2.45) is 0 Å². The number of amides is 1. The van der Waals surface area contributed by atoms with Gasteiger partial charge in [0.15, 0.2) is 5.75 Å². The van der Waals surface area contributed by atoms with Gasteiger partial charge >= 0.3 is 0 Å². The van der Waals surface area contributed by atoms with Crippen molar-refractivity contribution in [3.8, 4) is 5.75 Å². The van der Waals surface area contributed by atoms with Gasteiger partial charge in [0.25, 0.3) is 5.91 Å². The van der Waals surface area contributed by atoms with Crippen molar-refractivity contribution >= 4 is 29.1 Å². The largest absolute Gasteiger partial charge is 0.486 e. The number of halogens is 2. The Hall–Kier alpha value is -1.85. The van der Waals surface area contributed by atoms with E-state index in [1.807, 2.05) is 0 Å². The first-order valence-electron chi connectivity index (χ1n) is 6.81. The third-order valence-electron chi connectivity index (χ3n) is 3.21. The van der Waals surface area contributed by atoms with E-state index in [0.29, 0.717) is 22.4 Å². The molecule has 7 heteroatoms. The summed E-state index contributed by atoms with van der Waals surface area (Å²) in [5.74, 6) is 0.392. The Bertz CT molecular complexity index is 688. The maximum atomic E-state index is 12.0. The summed E-state index contributed by atoms with van der Waals surface area (Å²) in [4.78, 5) is 19.7. The monoisotopic (exact) mass is 337 g/mol. The fraction of sp³-hybridized carbons (Fsp3) is 0.267. The number of rotatable bonds is 5. The van der Waals surface area contributed by atoms with E-state index in [9.17, 15) is 4.79 Å².